The molecule has 4 heterocycles. The number of nitrogens with zero attached hydrogens (tertiary/aromatic N) is 5. The van der Waals surface area contributed by atoms with Gasteiger partial charge in [0.25, 0.3) is 5.71 Å². The van der Waals surface area contributed by atoms with Gasteiger partial charge in [-0.15, -0.1) is 0 Å². The number of aromatic nitrogens is 4. The molecule has 1 aliphatic heterocycles. The highest BCUT2D eigenvalue weighted by Gasteiger charge is 2.23. The second-order valence-corrected chi connectivity index (χ2v) is 5.92. The Balaban J connectivity index is 1.69. The number of fused-ring (bicyclic) bond motifs is 1. The van der Waals surface area contributed by atoms with Gasteiger partial charge in [-0.3, -0.25) is 4.98 Å². The number of anilines is 1. The van der Waals surface area contributed by atoms with Crippen LogP contribution in [-0.2, 0) is 11.3 Å². The van der Waals surface area contributed by atoms with Crippen LogP contribution in [0.25, 0.3) is 11.2 Å². The highest BCUT2D eigenvalue weighted by Crippen LogP contribution is 2.26. The van der Waals surface area contributed by atoms with E-state index in [0.29, 0.717) is 23.7 Å². The molecule has 124 valence electrons. The van der Waals surface area contributed by atoms with E-state index < -0.39 is 0 Å². The molecular weight excluding hydrogens is 306 g/mol. The second kappa shape index (κ2) is 6.52. The fourth-order valence-electron chi connectivity index (χ4n) is 3.03. The Bertz CT molecular complexity index is 814. The molecule has 0 N–H and O–H groups in total. The Morgan fingerprint density at radius 2 is 2.21 bits per heavy atom. The van der Waals surface area contributed by atoms with E-state index in [1.807, 2.05) is 25.1 Å². The van der Waals surface area contributed by atoms with E-state index >= 15 is 0 Å². The second-order valence-electron chi connectivity index (χ2n) is 5.92. The minimum Gasteiger partial charge on any atom is -0.422 e. The Morgan fingerprint density at radius 3 is 3.00 bits per heavy atom. The van der Waals surface area contributed by atoms with Crippen LogP contribution in [0.1, 0.15) is 24.4 Å². The molecule has 7 nitrogen and oxygen atoms in total. The van der Waals surface area contributed by atoms with Crippen LogP contribution in [0.3, 0.4) is 0 Å². The van der Waals surface area contributed by atoms with Gasteiger partial charge < -0.3 is 14.1 Å². The highest BCUT2D eigenvalue weighted by molar-refractivity contribution is 5.81. The fraction of sp³-hybridized carbons (Fsp3) is 0.412. The SMILES string of the molecule is Cc1nc2c(N(Cc3ccccn3)C[C@H]3CCCO3)ncnc2o1. The molecule has 1 fully saturated rings. The molecule has 0 aromatic carbocycles. The number of hydrogen-bond donors (Lipinski definition) is 0. The summed E-state index contributed by atoms with van der Waals surface area (Å²) < 4.78 is 11.4. The van der Waals surface area contributed by atoms with Crippen LogP contribution in [0.2, 0.25) is 0 Å². The van der Waals surface area contributed by atoms with E-state index in [1.165, 1.54) is 6.33 Å². The molecule has 0 amide bonds. The molecule has 0 unspecified atom stereocenters. The molecule has 24 heavy (non-hydrogen) atoms. The number of rotatable bonds is 5. The van der Waals surface area contributed by atoms with Gasteiger partial charge in [0, 0.05) is 26.3 Å². The molecule has 1 saturated heterocycles. The zero-order valence-corrected chi connectivity index (χ0v) is 13.6. The van der Waals surface area contributed by atoms with Gasteiger partial charge >= 0.3 is 0 Å². The first-order chi connectivity index (χ1) is 11.8. The van der Waals surface area contributed by atoms with Crippen molar-refractivity contribution in [1.29, 1.82) is 0 Å². The zero-order valence-electron chi connectivity index (χ0n) is 13.6. The summed E-state index contributed by atoms with van der Waals surface area (Å²) in [6.07, 6.45) is 5.68. The minimum atomic E-state index is 0.201. The van der Waals surface area contributed by atoms with Gasteiger partial charge in [0.1, 0.15) is 6.33 Å². The molecule has 7 heteroatoms. The maximum absolute atomic E-state index is 5.81. The standard InChI is InChI=1S/C17H19N5O2/c1-12-21-15-16(19-11-20-17(15)24-12)22(10-14-6-4-8-23-14)9-13-5-2-3-7-18-13/h2-3,5,7,11,14H,4,6,8-10H2,1H3/t14-/m1/s1. The summed E-state index contributed by atoms with van der Waals surface area (Å²) in [5.74, 6) is 1.35. The smallest absolute Gasteiger partial charge is 0.252 e. The average molecular weight is 325 g/mol. The first kappa shape index (κ1) is 15.0. The predicted octanol–water partition coefficient (Wildman–Crippen LogP) is 2.51. The third kappa shape index (κ3) is 3.07. The van der Waals surface area contributed by atoms with Gasteiger partial charge in [-0.1, -0.05) is 6.07 Å². The van der Waals surface area contributed by atoms with E-state index in [1.54, 1.807) is 6.20 Å². The number of oxazole rings is 1. The molecule has 1 atom stereocenters. The Labute approximate surface area is 139 Å². The van der Waals surface area contributed by atoms with Crippen LogP contribution in [-0.4, -0.2) is 39.2 Å². The van der Waals surface area contributed by atoms with Crippen LogP contribution in [0.4, 0.5) is 5.82 Å². The first-order valence-corrected chi connectivity index (χ1v) is 8.14. The van der Waals surface area contributed by atoms with Gasteiger partial charge in [-0.2, -0.15) is 4.98 Å². The summed E-state index contributed by atoms with van der Waals surface area (Å²) in [4.78, 5) is 19.7. The van der Waals surface area contributed by atoms with Crippen molar-refractivity contribution >= 4 is 17.0 Å². The van der Waals surface area contributed by atoms with Crippen LogP contribution >= 0.6 is 0 Å². The molecule has 4 rings (SSSR count). The Hall–Kier alpha value is -2.54. The van der Waals surface area contributed by atoms with Crippen LogP contribution < -0.4 is 4.90 Å². The normalized spacial score (nSPS) is 17.5. The fourth-order valence-corrected chi connectivity index (χ4v) is 3.03. The average Bonchev–Trinajstić information content (AvgIpc) is 3.23. The molecule has 0 spiro atoms. The molecule has 3 aromatic rings. The Kier molecular flexibility index (Phi) is 4.08. The van der Waals surface area contributed by atoms with Crippen LogP contribution in [0.5, 0.6) is 0 Å². The molecule has 0 saturated carbocycles. The predicted molar refractivity (Wildman–Crippen MR) is 88.6 cm³/mol. The summed E-state index contributed by atoms with van der Waals surface area (Å²) in [6.45, 7) is 4.02. The lowest BCUT2D eigenvalue weighted by atomic mass is 10.2. The van der Waals surface area contributed by atoms with Crippen molar-refractivity contribution in [3.63, 3.8) is 0 Å². The van der Waals surface area contributed by atoms with E-state index in [-0.39, 0.29) is 6.10 Å². The van der Waals surface area contributed by atoms with Crippen molar-refractivity contribution in [2.24, 2.45) is 0 Å². The monoisotopic (exact) mass is 325 g/mol. The van der Waals surface area contributed by atoms with Gasteiger partial charge in [0.05, 0.1) is 18.3 Å². The summed E-state index contributed by atoms with van der Waals surface area (Å²) in [5, 5.41) is 0. The topological polar surface area (TPSA) is 77.2 Å². The van der Waals surface area contributed by atoms with Crippen molar-refractivity contribution in [3.05, 3.63) is 42.3 Å². The van der Waals surface area contributed by atoms with Crippen molar-refractivity contribution < 1.29 is 9.15 Å². The third-order valence-corrected chi connectivity index (χ3v) is 4.11. The maximum atomic E-state index is 5.81. The van der Waals surface area contributed by atoms with Crippen molar-refractivity contribution in [2.45, 2.75) is 32.4 Å². The molecule has 0 radical (unpaired) electrons. The summed E-state index contributed by atoms with van der Waals surface area (Å²) >= 11 is 0. The summed E-state index contributed by atoms with van der Waals surface area (Å²) in [7, 11) is 0. The minimum absolute atomic E-state index is 0.201. The van der Waals surface area contributed by atoms with Gasteiger partial charge in [-0.25, -0.2) is 9.97 Å². The van der Waals surface area contributed by atoms with Gasteiger partial charge in [-0.05, 0) is 25.0 Å². The molecule has 0 aliphatic carbocycles. The van der Waals surface area contributed by atoms with E-state index in [9.17, 15) is 0 Å². The number of pyridine rings is 1. The number of aryl methyl sites for hydroxylation is 1. The van der Waals surface area contributed by atoms with Crippen LogP contribution in [0, 0.1) is 6.92 Å². The quantitative estimate of drug-likeness (QED) is 0.713. The van der Waals surface area contributed by atoms with Gasteiger partial charge in [0.2, 0.25) is 0 Å². The maximum Gasteiger partial charge on any atom is 0.252 e. The number of ether oxygens (including phenoxy) is 1. The summed E-state index contributed by atoms with van der Waals surface area (Å²) in [6, 6.07) is 5.91. The lowest BCUT2D eigenvalue weighted by Gasteiger charge is -2.26. The molecular formula is C17H19N5O2. The molecule has 3 aromatic heterocycles. The van der Waals surface area contributed by atoms with E-state index in [4.69, 9.17) is 9.15 Å². The highest BCUT2D eigenvalue weighted by atomic mass is 16.5. The van der Waals surface area contributed by atoms with Crippen LogP contribution in [0.15, 0.2) is 35.1 Å². The zero-order chi connectivity index (χ0) is 16.4. The van der Waals surface area contributed by atoms with Crippen molar-refractivity contribution in [2.75, 3.05) is 18.1 Å². The van der Waals surface area contributed by atoms with Crippen molar-refractivity contribution in [3.8, 4) is 0 Å². The number of hydrogen-bond acceptors (Lipinski definition) is 7. The third-order valence-electron chi connectivity index (χ3n) is 4.11. The van der Waals surface area contributed by atoms with E-state index in [2.05, 4.69) is 24.8 Å². The largest absolute Gasteiger partial charge is 0.422 e. The lowest BCUT2D eigenvalue weighted by Crippen LogP contribution is -2.33. The summed E-state index contributed by atoms with van der Waals surface area (Å²) in [5.41, 5.74) is 2.17. The molecule has 0 bridgehead atoms. The molecule has 1 aliphatic rings. The van der Waals surface area contributed by atoms with E-state index in [0.717, 1.165) is 37.5 Å². The van der Waals surface area contributed by atoms with Gasteiger partial charge in [0.15, 0.2) is 17.2 Å². The lowest BCUT2D eigenvalue weighted by molar-refractivity contribution is 0.115. The Morgan fingerprint density at radius 1 is 1.25 bits per heavy atom. The van der Waals surface area contributed by atoms with Crippen molar-refractivity contribution in [1.82, 2.24) is 19.9 Å². The first-order valence-electron chi connectivity index (χ1n) is 8.14.